The first-order valence-corrected chi connectivity index (χ1v) is 10.5. The van der Waals surface area contributed by atoms with Gasteiger partial charge in [-0.2, -0.15) is 4.68 Å². The smallest absolute Gasteiger partial charge is 0.251 e. The zero-order chi connectivity index (χ0) is 22.7. The van der Waals surface area contributed by atoms with E-state index in [0.29, 0.717) is 27.8 Å². The first kappa shape index (κ1) is 21.6. The van der Waals surface area contributed by atoms with Gasteiger partial charge >= 0.3 is 0 Å². The number of carbonyl (C=O) groups is 1. The average molecular weight is 448 g/mol. The number of hydrogen-bond acceptors (Lipinski definition) is 6. The van der Waals surface area contributed by atoms with Crippen LogP contribution in [0.3, 0.4) is 0 Å². The van der Waals surface area contributed by atoms with Gasteiger partial charge in [-0.15, -0.1) is 5.10 Å². The molecule has 0 aliphatic rings. The van der Waals surface area contributed by atoms with Crippen molar-refractivity contribution in [3.05, 3.63) is 82.7 Å². The van der Waals surface area contributed by atoms with Crippen molar-refractivity contribution in [3.63, 3.8) is 0 Å². The van der Waals surface area contributed by atoms with Crippen LogP contribution in [0.1, 0.15) is 47.3 Å². The molecule has 0 fully saturated rings. The molecule has 4 rings (SSSR count). The summed E-state index contributed by atoms with van der Waals surface area (Å²) in [5, 5.41) is 15.6. The van der Waals surface area contributed by atoms with Crippen LogP contribution in [0.4, 0.5) is 0 Å². The molecule has 0 aliphatic heterocycles. The van der Waals surface area contributed by atoms with Crippen LogP contribution in [-0.4, -0.2) is 36.1 Å². The molecule has 0 unspecified atom stereocenters. The number of nitrogens with zero attached hydrogens (tertiary/aromatic N) is 6. The number of tetrazole rings is 1. The second-order valence-electron chi connectivity index (χ2n) is 7.71. The molecule has 2 aromatic heterocycles. The fourth-order valence-electron chi connectivity index (χ4n) is 3.20. The first-order chi connectivity index (χ1) is 15.4. The number of aryl methyl sites for hydroxylation is 1. The number of benzene rings is 2. The van der Waals surface area contributed by atoms with E-state index < -0.39 is 0 Å². The Kier molecular flexibility index (Phi) is 6.23. The van der Waals surface area contributed by atoms with E-state index >= 15 is 0 Å². The number of nitrogens with one attached hydrogen (secondary N) is 1. The molecule has 2 heterocycles. The maximum atomic E-state index is 13.0. The summed E-state index contributed by atoms with van der Waals surface area (Å²) in [7, 11) is 0. The lowest BCUT2D eigenvalue weighted by molar-refractivity contribution is 0.0950. The van der Waals surface area contributed by atoms with Crippen molar-refractivity contribution in [2.24, 2.45) is 0 Å². The Hall–Kier alpha value is -3.65. The van der Waals surface area contributed by atoms with Crippen LogP contribution < -0.4 is 5.32 Å². The van der Waals surface area contributed by atoms with E-state index in [2.05, 4.69) is 30.8 Å². The third kappa shape index (κ3) is 4.81. The van der Waals surface area contributed by atoms with E-state index in [1.807, 2.05) is 57.2 Å². The van der Waals surface area contributed by atoms with Gasteiger partial charge in [-0.05, 0) is 58.8 Å². The summed E-state index contributed by atoms with van der Waals surface area (Å²) in [5.74, 6) is 0.588. The van der Waals surface area contributed by atoms with Crippen molar-refractivity contribution >= 4 is 17.5 Å². The van der Waals surface area contributed by atoms with Gasteiger partial charge in [-0.25, -0.2) is 0 Å². The fourth-order valence-corrected chi connectivity index (χ4v) is 3.32. The van der Waals surface area contributed by atoms with Crippen molar-refractivity contribution in [1.29, 1.82) is 0 Å². The fraction of sp³-hybridized carbons (Fsp3) is 0.217. The summed E-state index contributed by atoms with van der Waals surface area (Å²) in [5.41, 5.74) is 4.46. The highest BCUT2D eigenvalue weighted by Gasteiger charge is 2.16. The standard InChI is InChI=1S/C23H22ClN7O/c1-14(2)22-28-29-30-31(22)21-9-17(16-4-6-19(24)7-5-16)8-18(10-21)23(32)27-13-20-12-25-15(3)11-26-20/h4-12,14H,13H2,1-3H3,(H,27,32). The van der Waals surface area contributed by atoms with E-state index in [9.17, 15) is 4.79 Å². The van der Waals surface area contributed by atoms with E-state index in [1.165, 1.54) is 0 Å². The summed E-state index contributed by atoms with van der Waals surface area (Å²) in [6, 6.07) is 13.0. The van der Waals surface area contributed by atoms with Crippen molar-refractivity contribution in [1.82, 2.24) is 35.5 Å². The Labute approximate surface area is 190 Å². The van der Waals surface area contributed by atoms with Gasteiger partial charge in [-0.3, -0.25) is 14.8 Å². The summed E-state index contributed by atoms with van der Waals surface area (Å²) in [4.78, 5) is 21.5. The number of carbonyl (C=O) groups excluding carboxylic acids is 1. The van der Waals surface area contributed by atoms with Gasteiger partial charge in [0.2, 0.25) is 0 Å². The van der Waals surface area contributed by atoms with Gasteiger partial charge in [0.15, 0.2) is 5.82 Å². The molecule has 0 atom stereocenters. The molecular weight excluding hydrogens is 426 g/mol. The quantitative estimate of drug-likeness (QED) is 0.477. The maximum Gasteiger partial charge on any atom is 0.251 e. The van der Waals surface area contributed by atoms with Gasteiger partial charge in [0.25, 0.3) is 5.91 Å². The predicted octanol–water partition coefficient (Wildman–Crippen LogP) is 4.13. The second-order valence-corrected chi connectivity index (χ2v) is 8.15. The number of rotatable bonds is 6. The normalized spacial score (nSPS) is 11.0. The van der Waals surface area contributed by atoms with Crippen LogP contribution in [0.25, 0.3) is 16.8 Å². The topological polar surface area (TPSA) is 98.5 Å². The molecule has 0 aliphatic carbocycles. The van der Waals surface area contributed by atoms with Gasteiger partial charge in [0.05, 0.1) is 29.8 Å². The van der Waals surface area contributed by atoms with E-state index in [0.717, 1.165) is 16.8 Å². The highest BCUT2D eigenvalue weighted by molar-refractivity contribution is 6.30. The zero-order valence-corrected chi connectivity index (χ0v) is 18.7. The molecule has 0 bridgehead atoms. The molecule has 1 amide bonds. The monoisotopic (exact) mass is 447 g/mol. The SMILES string of the molecule is Cc1cnc(CNC(=O)c2cc(-c3ccc(Cl)cc3)cc(-n3nnnc3C(C)C)c2)cn1. The number of amides is 1. The Balaban J connectivity index is 1.71. The molecule has 0 saturated heterocycles. The van der Waals surface area contributed by atoms with E-state index in [1.54, 1.807) is 23.1 Å². The van der Waals surface area contributed by atoms with Gasteiger partial charge in [0.1, 0.15) is 0 Å². The lowest BCUT2D eigenvalue weighted by Gasteiger charge is -2.12. The molecule has 8 nitrogen and oxygen atoms in total. The van der Waals surface area contributed by atoms with Crippen molar-refractivity contribution in [2.45, 2.75) is 33.2 Å². The number of halogens is 1. The first-order valence-electron chi connectivity index (χ1n) is 10.2. The van der Waals surface area contributed by atoms with Crippen LogP contribution in [0.5, 0.6) is 0 Å². The molecule has 1 N–H and O–H groups in total. The van der Waals surface area contributed by atoms with E-state index in [-0.39, 0.29) is 18.4 Å². The summed E-state index contributed by atoms with van der Waals surface area (Å²) in [6.07, 6.45) is 3.33. The molecule has 0 radical (unpaired) electrons. The minimum atomic E-state index is -0.233. The second kappa shape index (κ2) is 9.23. The molecule has 0 spiro atoms. The average Bonchev–Trinajstić information content (AvgIpc) is 3.29. The lowest BCUT2D eigenvalue weighted by atomic mass is 10.0. The lowest BCUT2D eigenvalue weighted by Crippen LogP contribution is -2.23. The molecule has 9 heteroatoms. The molecule has 4 aromatic rings. The van der Waals surface area contributed by atoms with Crippen LogP contribution in [-0.2, 0) is 6.54 Å². The predicted molar refractivity (Wildman–Crippen MR) is 122 cm³/mol. The van der Waals surface area contributed by atoms with Gasteiger partial charge < -0.3 is 5.32 Å². The van der Waals surface area contributed by atoms with Gasteiger partial charge in [0, 0.05) is 22.7 Å². The number of aromatic nitrogens is 6. The molecule has 32 heavy (non-hydrogen) atoms. The third-order valence-electron chi connectivity index (χ3n) is 4.88. The Morgan fingerprint density at radius 3 is 2.53 bits per heavy atom. The molecular formula is C23H22ClN7O. The largest absolute Gasteiger partial charge is 0.346 e. The van der Waals surface area contributed by atoms with Gasteiger partial charge in [-0.1, -0.05) is 37.6 Å². The van der Waals surface area contributed by atoms with Crippen molar-refractivity contribution < 1.29 is 4.79 Å². The molecule has 0 saturated carbocycles. The van der Waals surface area contributed by atoms with Crippen LogP contribution in [0.2, 0.25) is 5.02 Å². The Bertz CT molecular complexity index is 1230. The Morgan fingerprint density at radius 1 is 1.06 bits per heavy atom. The zero-order valence-electron chi connectivity index (χ0n) is 18.0. The number of hydrogen-bond donors (Lipinski definition) is 1. The maximum absolute atomic E-state index is 13.0. The van der Waals surface area contributed by atoms with Crippen molar-refractivity contribution in [2.75, 3.05) is 0 Å². The summed E-state index contributed by atoms with van der Waals surface area (Å²) < 4.78 is 1.66. The highest BCUT2D eigenvalue weighted by Crippen LogP contribution is 2.27. The van der Waals surface area contributed by atoms with Crippen molar-refractivity contribution in [3.8, 4) is 16.8 Å². The Morgan fingerprint density at radius 2 is 1.84 bits per heavy atom. The van der Waals surface area contributed by atoms with Crippen LogP contribution in [0, 0.1) is 6.92 Å². The third-order valence-corrected chi connectivity index (χ3v) is 5.13. The van der Waals surface area contributed by atoms with Crippen LogP contribution >= 0.6 is 11.6 Å². The summed E-state index contributed by atoms with van der Waals surface area (Å²) >= 11 is 6.05. The minimum absolute atomic E-state index is 0.113. The van der Waals surface area contributed by atoms with Crippen LogP contribution in [0.15, 0.2) is 54.9 Å². The minimum Gasteiger partial charge on any atom is -0.346 e. The molecule has 162 valence electrons. The summed E-state index contributed by atoms with van der Waals surface area (Å²) in [6.45, 7) is 6.17. The molecule has 2 aromatic carbocycles. The van der Waals surface area contributed by atoms with E-state index in [4.69, 9.17) is 11.6 Å². The highest BCUT2D eigenvalue weighted by atomic mass is 35.5.